The Balaban J connectivity index is 1.16. The SMILES string of the molecule is COCCn1cnc2ccc(Sc3cnc(N4CCC5(CC4)Cc4ncsc4[C@@H]5N)cn3)c(Cl)c2c1=O. The van der Waals surface area contributed by atoms with Crippen molar-refractivity contribution in [1.82, 2.24) is 24.5 Å². The summed E-state index contributed by atoms with van der Waals surface area (Å²) < 4.78 is 6.60. The van der Waals surface area contributed by atoms with E-state index < -0.39 is 0 Å². The molecule has 12 heteroatoms. The molecule has 9 nitrogen and oxygen atoms in total. The predicted octanol–water partition coefficient (Wildman–Crippen LogP) is 3.94. The Kier molecular flexibility index (Phi) is 6.66. The highest BCUT2D eigenvalue weighted by Gasteiger charge is 2.47. The van der Waals surface area contributed by atoms with Gasteiger partial charge in [-0.05, 0) is 36.8 Å². The van der Waals surface area contributed by atoms with Crippen molar-refractivity contribution < 1.29 is 4.74 Å². The van der Waals surface area contributed by atoms with Crippen molar-refractivity contribution in [3.05, 3.63) is 62.3 Å². The van der Waals surface area contributed by atoms with Gasteiger partial charge >= 0.3 is 0 Å². The molecular formula is C25H26ClN7O2S2. The number of methoxy groups -OCH3 is 1. The van der Waals surface area contributed by atoms with E-state index in [9.17, 15) is 4.79 Å². The molecule has 1 fully saturated rings. The Labute approximate surface area is 227 Å². The van der Waals surface area contributed by atoms with Gasteiger partial charge in [0.1, 0.15) is 10.8 Å². The summed E-state index contributed by atoms with van der Waals surface area (Å²) in [6.45, 7) is 2.61. The van der Waals surface area contributed by atoms with Gasteiger partial charge in [-0.1, -0.05) is 23.4 Å². The van der Waals surface area contributed by atoms with E-state index in [4.69, 9.17) is 22.1 Å². The summed E-state index contributed by atoms with van der Waals surface area (Å²) in [6.07, 6.45) is 8.09. The smallest absolute Gasteiger partial charge is 0.262 e. The van der Waals surface area contributed by atoms with Crippen LogP contribution in [0.5, 0.6) is 0 Å². The van der Waals surface area contributed by atoms with Crippen LogP contribution in [0.1, 0.15) is 29.5 Å². The molecule has 0 bridgehead atoms. The van der Waals surface area contributed by atoms with Crippen LogP contribution >= 0.6 is 34.7 Å². The number of thiazole rings is 1. The molecule has 37 heavy (non-hydrogen) atoms. The number of ether oxygens (including phenoxy) is 1. The third-order valence-electron chi connectivity index (χ3n) is 7.48. The molecule has 2 aliphatic rings. The Hall–Kier alpha value is -2.57. The lowest BCUT2D eigenvalue weighted by Gasteiger charge is -2.42. The summed E-state index contributed by atoms with van der Waals surface area (Å²) >= 11 is 9.74. The summed E-state index contributed by atoms with van der Waals surface area (Å²) in [5.74, 6) is 0.855. The van der Waals surface area contributed by atoms with Gasteiger partial charge in [-0.2, -0.15) is 0 Å². The van der Waals surface area contributed by atoms with Crippen LogP contribution in [0.3, 0.4) is 0 Å². The zero-order valence-corrected chi connectivity index (χ0v) is 22.7. The van der Waals surface area contributed by atoms with E-state index in [2.05, 4.69) is 24.8 Å². The molecule has 1 saturated heterocycles. The number of rotatable bonds is 6. The average molecular weight is 556 g/mol. The molecule has 0 amide bonds. The van der Waals surface area contributed by atoms with Gasteiger partial charge in [0.15, 0.2) is 0 Å². The molecule has 0 radical (unpaired) electrons. The van der Waals surface area contributed by atoms with Gasteiger partial charge in [-0.3, -0.25) is 9.36 Å². The molecule has 0 unspecified atom stereocenters. The molecule has 1 aliphatic heterocycles. The van der Waals surface area contributed by atoms with Gasteiger partial charge in [-0.25, -0.2) is 19.9 Å². The first-order valence-electron chi connectivity index (χ1n) is 12.1. The van der Waals surface area contributed by atoms with Crippen LogP contribution in [0.25, 0.3) is 10.9 Å². The summed E-state index contributed by atoms with van der Waals surface area (Å²) in [4.78, 5) is 35.5. The predicted molar refractivity (Wildman–Crippen MR) is 146 cm³/mol. The van der Waals surface area contributed by atoms with Crippen LogP contribution < -0.4 is 16.2 Å². The highest BCUT2D eigenvalue weighted by molar-refractivity contribution is 7.99. The molecule has 1 spiro atoms. The number of halogens is 1. The molecule has 4 aromatic rings. The molecule has 1 aliphatic carbocycles. The minimum absolute atomic E-state index is 0.0769. The monoisotopic (exact) mass is 555 g/mol. The largest absolute Gasteiger partial charge is 0.383 e. The summed E-state index contributed by atoms with van der Waals surface area (Å²) in [5.41, 5.74) is 10.2. The van der Waals surface area contributed by atoms with Crippen LogP contribution in [-0.2, 0) is 17.7 Å². The Morgan fingerprint density at radius 3 is 2.78 bits per heavy atom. The quantitative estimate of drug-likeness (QED) is 0.378. The van der Waals surface area contributed by atoms with E-state index in [0.717, 1.165) is 43.1 Å². The number of fused-ring (bicyclic) bond motifs is 2. The lowest BCUT2D eigenvalue weighted by atomic mass is 9.74. The topological polar surface area (TPSA) is 112 Å². The highest BCUT2D eigenvalue weighted by atomic mass is 35.5. The zero-order valence-electron chi connectivity index (χ0n) is 20.3. The number of piperidine rings is 1. The Morgan fingerprint density at radius 2 is 2.05 bits per heavy atom. The van der Waals surface area contributed by atoms with Crippen molar-refractivity contribution in [2.24, 2.45) is 11.1 Å². The Bertz CT molecular complexity index is 1500. The summed E-state index contributed by atoms with van der Waals surface area (Å²) in [5, 5.41) is 1.47. The van der Waals surface area contributed by atoms with Crippen LogP contribution in [0.4, 0.5) is 5.82 Å². The van der Waals surface area contributed by atoms with Gasteiger partial charge in [-0.15, -0.1) is 11.3 Å². The summed E-state index contributed by atoms with van der Waals surface area (Å²) in [6, 6.07) is 3.74. The van der Waals surface area contributed by atoms with E-state index in [1.54, 1.807) is 30.7 Å². The van der Waals surface area contributed by atoms with Crippen LogP contribution in [-0.4, -0.2) is 51.3 Å². The maximum Gasteiger partial charge on any atom is 0.262 e. The van der Waals surface area contributed by atoms with Crippen molar-refractivity contribution >= 4 is 51.4 Å². The van der Waals surface area contributed by atoms with Crippen LogP contribution in [0.15, 0.2) is 51.1 Å². The van der Waals surface area contributed by atoms with Crippen molar-refractivity contribution in [2.45, 2.75) is 41.8 Å². The normalized spacial score (nSPS) is 18.6. The van der Waals surface area contributed by atoms with E-state index in [0.29, 0.717) is 34.1 Å². The lowest BCUT2D eigenvalue weighted by Crippen LogP contribution is -2.44. The van der Waals surface area contributed by atoms with Crippen molar-refractivity contribution in [3.8, 4) is 0 Å². The van der Waals surface area contributed by atoms with E-state index >= 15 is 0 Å². The fraction of sp³-hybridized carbons (Fsp3) is 0.400. The van der Waals surface area contributed by atoms with Crippen LogP contribution in [0.2, 0.25) is 5.02 Å². The van der Waals surface area contributed by atoms with Gasteiger partial charge in [0.05, 0.1) is 59.0 Å². The second-order valence-corrected chi connectivity index (χ2v) is 11.8. The fourth-order valence-electron chi connectivity index (χ4n) is 5.31. The number of hydrogen-bond donors (Lipinski definition) is 1. The zero-order chi connectivity index (χ0) is 25.6. The number of benzene rings is 1. The maximum absolute atomic E-state index is 13.0. The van der Waals surface area contributed by atoms with Gasteiger partial charge in [0.2, 0.25) is 0 Å². The molecule has 192 valence electrons. The number of hydrogen-bond acceptors (Lipinski definition) is 10. The number of nitrogens with two attached hydrogens (primary N) is 1. The third kappa shape index (κ3) is 4.42. The first kappa shape index (κ1) is 24.7. The van der Waals surface area contributed by atoms with E-state index in [1.807, 2.05) is 17.8 Å². The van der Waals surface area contributed by atoms with Crippen LogP contribution in [0, 0.1) is 5.41 Å². The molecule has 0 saturated carbocycles. The molecule has 3 aromatic heterocycles. The van der Waals surface area contributed by atoms with Gasteiger partial charge in [0, 0.05) is 36.0 Å². The molecule has 4 heterocycles. The third-order valence-corrected chi connectivity index (χ3v) is 9.92. The van der Waals surface area contributed by atoms with Gasteiger partial charge in [0.25, 0.3) is 5.56 Å². The first-order valence-corrected chi connectivity index (χ1v) is 14.2. The fourth-order valence-corrected chi connectivity index (χ4v) is 7.38. The van der Waals surface area contributed by atoms with Crippen molar-refractivity contribution in [3.63, 3.8) is 0 Å². The highest BCUT2D eigenvalue weighted by Crippen LogP contribution is 2.51. The molecular weight excluding hydrogens is 530 g/mol. The van der Waals surface area contributed by atoms with E-state index in [-0.39, 0.29) is 17.0 Å². The molecule has 2 N–H and O–H groups in total. The number of aromatic nitrogens is 5. The average Bonchev–Trinajstić information content (AvgIpc) is 3.47. The standard InChI is InChI=1S/C25H26ClN7O2S2/c1-35-9-8-33-13-30-15-2-3-17(21(26)20(15)24(33)34)37-19-12-28-18(11-29-19)32-6-4-25(5-7-32)10-16-22(23(25)27)36-14-31-16/h2-3,11-14,23H,4-10,27H2,1H3/t23-/m0/s1. The second-order valence-electron chi connectivity index (χ2n) is 9.49. The maximum atomic E-state index is 13.0. The molecule has 6 rings (SSSR count). The first-order chi connectivity index (χ1) is 18.0. The number of nitrogens with zero attached hydrogens (tertiary/aromatic N) is 6. The summed E-state index contributed by atoms with van der Waals surface area (Å²) in [7, 11) is 1.59. The van der Waals surface area contributed by atoms with Crippen molar-refractivity contribution in [1.29, 1.82) is 0 Å². The minimum atomic E-state index is -0.188. The van der Waals surface area contributed by atoms with Crippen molar-refractivity contribution in [2.75, 3.05) is 31.7 Å². The lowest BCUT2D eigenvalue weighted by molar-refractivity contribution is 0.186. The second kappa shape index (κ2) is 9.95. The van der Waals surface area contributed by atoms with E-state index in [1.165, 1.54) is 33.2 Å². The Morgan fingerprint density at radius 1 is 1.22 bits per heavy atom. The molecule has 1 aromatic carbocycles. The van der Waals surface area contributed by atoms with Gasteiger partial charge < -0.3 is 15.4 Å². The number of anilines is 1. The molecule has 1 atom stereocenters. The minimum Gasteiger partial charge on any atom is -0.383 e.